The summed E-state index contributed by atoms with van der Waals surface area (Å²) in [5, 5.41) is 10.7. The lowest BCUT2D eigenvalue weighted by molar-refractivity contribution is 0.177. The van der Waals surface area contributed by atoms with Crippen LogP contribution in [0, 0.1) is 6.92 Å². The van der Waals surface area contributed by atoms with E-state index in [1.165, 1.54) is 0 Å². The second-order valence-electron chi connectivity index (χ2n) is 3.82. The summed E-state index contributed by atoms with van der Waals surface area (Å²) in [6, 6.07) is 5.59. The van der Waals surface area contributed by atoms with Crippen molar-refractivity contribution in [2.24, 2.45) is 0 Å². The van der Waals surface area contributed by atoms with E-state index in [-0.39, 0.29) is 0 Å². The zero-order valence-electron chi connectivity index (χ0n) is 9.26. The third-order valence-corrected chi connectivity index (χ3v) is 2.82. The molecule has 0 saturated heterocycles. The molecule has 0 aromatic heterocycles. The molecule has 1 unspecified atom stereocenters. The van der Waals surface area contributed by atoms with Crippen molar-refractivity contribution < 1.29 is 5.11 Å². The van der Waals surface area contributed by atoms with E-state index in [9.17, 15) is 5.11 Å². The third-order valence-electron chi connectivity index (χ3n) is 2.58. The Hall–Kier alpha value is -0.790. The summed E-state index contributed by atoms with van der Waals surface area (Å²) >= 11 is 5.90. The molecule has 0 bridgehead atoms. The fourth-order valence-corrected chi connectivity index (χ4v) is 1.68. The van der Waals surface area contributed by atoms with Crippen LogP contribution in [0.2, 0.25) is 5.02 Å². The molecule has 2 heteroatoms. The summed E-state index contributed by atoms with van der Waals surface area (Å²) in [7, 11) is 0. The van der Waals surface area contributed by atoms with Gasteiger partial charge in [0, 0.05) is 5.02 Å². The standard InChI is InChI=1S/C13H17ClO/c1-4-9(2)7-13(15)12-8-11(14)6-5-10(12)3/h5-6,8,13,15H,2,4,7H2,1,3H3. The Morgan fingerprint density at radius 1 is 1.53 bits per heavy atom. The summed E-state index contributed by atoms with van der Waals surface area (Å²) in [6.45, 7) is 7.92. The van der Waals surface area contributed by atoms with Gasteiger partial charge in [-0.05, 0) is 43.0 Å². The van der Waals surface area contributed by atoms with E-state index in [0.29, 0.717) is 11.4 Å². The molecule has 1 N–H and O–H groups in total. The Kier molecular flexibility index (Phi) is 4.37. The van der Waals surface area contributed by atoms with Gasteiger partial charge in [-0.2, -0.15) is 0 Å². The van der Waals surface area contributed by atoms with Gasteiger partial charge < -0.3 is 5.11 Å². The highest BCUT2D eigenvalue weighted by atomic mass is 35.5. The predicted octanol–water partition coefficient (Wildman–Crippen LogP) is 4.04. The minimum absolute atomic E-state index is 0.490. The zero-order valence-corrected chi connectivity index (χ0v) is 10.0. The van der Waals surface area contributed by atoms with Crippen molar-refractivity contribution in [3.8, 4) is 0 Å². The molecule has 0 aliphatic rings. The van der Waals surface area contributed by atoms with Crippen molar-refractivity contribution in [3.05, 3.63) is 46.5 Å². The molecule has 0 amide bonds. The number of aliphatic hydroxyl groups excluding tert-OH is 1. The van der Waals surface area contributed by atoms with Crippen LogP contribution >= 0.6 is 11.6 Å². The van der Waals surface area contributed by atoms with Gasteiger partial charge in [0.1, 0.15) is 0 Å². The van der Waals surface area contributed by atoms with Gasteiger partial charge in [0.15, 0.2) is 0 Å². The second-order valence-corrected chi connectivity index (χ2v) is 4.26. The molecule has 1 atom stereocenters. The van der Waals surface area contributed by atoms with Crippen molar-refractivity contribution in [2.75, 3.05) is 0 Å². The van der Waals surface area contributed by atoms with Gasteiger partial charge in [0.05, 0.1) is 6.10 Å². The fraction of sp³-hybridized carbons (Fsp3) is 0.385. The highest BCUT2D eigenvalue weighted by Crippen LogP contribution is 2.26. The lowest BCUT2D eigenvalue weighted by atomic mass is 9.97. The maximum atomic E-state index is 10.0. The first-order valence-electron chi connectivity index (χ1n) is 5.15. The van der Waals surface area contributed by atoms with Crippen LogP contribution in [0.25, 0.3) is 0 Å². The Labute approximate surface area is 96.4 Å². The van der Waals surface area contributed by atoms with E-state index in [1.807, 2.05) is 32.0 Å². The van der Waals surface area contributed by atoms with Crippen molar-refractivity contribution in [3.63, 3.8) is 0 Å². The lowest BCUT2D eigenvalue weighted by Crippen LogP contribution is -2.01. The summed E-state index contributed by atoms with van der Waals surface area (Å²) in [5.41, 5.74) is 3.02. The predicted molar refractivity (Wildman–Crippen MR) is 65.2 cm³/mol. The maximum Gasteiger partial charge on any atom is 0.0830 e. The quantitative estimate of drug-likeness (QED) is 0.766. The highest BCUT2D eigenvalue weighted by molar-refractivity contribution is 6.30. The molecule has 82 valence electrons. The van der Waals surface area contributed by atoms with Crippen LogP contribution in [0.3, 0.4) is 0 Å². The van der Waals surface area contributed by atoms with Gasteiger partial charge in [0.2, 0.25) is 0 Å². The Morgan fingerprint density at radius 3 is 2.80 bits per heavy atom. The maximum absolute atomic E-state index is 10.0. The molecule has 1 rings (SSSR count). The molecule has 0 spiro atoms. The van der Waals surface area contributed by atoms with Crippen molar-refractivity contribution in [2.45, 2.75) is 32.8 Å². The summed E-state index contributed by atoms with van der Waals surface area (Å²) < 4.78 is 0. The van der Waals surface area contributed by atoms with Crippen LogP contribution in [0.4, 0.5) is 0 Å². The van der Waals surface area contributed by atoms with Crippen molar-refractivity contribution >= 4 is 11.6 Å². The van der Waals surface area contributed by atoms with E-state index < -0.39 is 6.10 Å². The minimum atomic E-state index is -0.490. The second kappa shape index (κ2) is 5.34. The van der Waals surface area contributed by atoms with Crippen molar-refractivity contribution in [1.29, 1.82) is 0 Å². The molecule has 0 aliphatic carbocycles. The number of aryl methyl sites for hydroxylation is 1. The first-order valence-corrected chi connectivity index (χ1v) is 5.53. The molecule has 0 aliphatic heterocycles. The number of halogens is 1. The zero-order chi connectivity index (χ0) is 11.4. The smallest absolute Gasteiger partial charge is 0.0830 e. The van der Waals surface area contributed by atoms with E-state index in [4.69, 9.17) is 11.6 Å². The van der Waals surface area contributed by atoms with Gasteiger partial charge in [-0.3, -0.25) is 0 Å². The van der Waals surface area contributed by atoms with E-state index in [2.05, 4.69) is 6.58 Å². The molecule has 0 saturated carbocycles. The first-order chi connectivity index (χ1) is 7.04. The molecular formula is C13H17ClO. The van der Waals surface area contributed by atoms with E-state index in [0.717, 1.165) is 23.1 Å². The molecule has 15 heavy (non-hydrogen) atoms. The molecule has 1 nitrogen and oxygen atoms in total. The van der Waals surface area contributed by atoms with Crippen molar-refractivity contribution in [1.82, 2.24) is 0 Å². The molecule has 1 aromatic rings. The average molecular weight is 225 g/mol. The van der Waals surface area contributed by atoms with E-state index in [1.54, 1.807) is 0 Å². The van der Waals surface area contributed by atoms with Crippen LogP contribution in [-0.4, -0.2) is 5.11 Å². The topological polar surface area (TPSA) is 20.2 Å². The SMILES string of the molecule is C=C(CC)CC(O)c1cc(Cl)ccc1C. The first kappa shape index (κ1) is 12.3. The highest BCUT2D eigenvalue weighted by Gasteiger charge is 2.11. The normalized spacial score (nSPS) is 12.5. The van der Waals surface area contributed by atoms with Gasteiger partial charge in [-0.25, -0.2) is 0 Å². The average Bonchev–Trinajstić information content (AvgIpc) is 2.21. The number of hydrogen-bond donors (Lipinski definition) is 1. The fourth-order valence-electron chi connectivity index (χ4n) is 1.50. The summed E-state index contributed by atoms with van der Waals surface area (Å²) in [4.78, 5) is 0. The monoisotopic (exact) mass is 224 g/mol. The Bertz CT molecular complexity index is 358. The third kappa shape index (κ3) is 3.37. The number of benzene rings is 1. The van der Waals surface area contributed by atoms with E-state index >= 15 is 0 Å². The van der Waals surface area contributed by atoms with Crippen LogP contribution in [0.15, 0.2) is 30.4 Å². The molecule has 0 fully saturated rings. The number of aliphatic hydroxyl groups is 1. The van der Waals surface area contributed by atoms with Crippen LogP contribution < -0.4 is 0 Å². The van der Waals surface area contributed by atoms with Gasteiger partial charge in [-0.15, -0.1) is 0 Å². The minimum Gasteiger partial charge on any atom is -0.388 e. The van der Waals surface area contributed by atoms with Crippen LogP contribution in [0.5, 0.6) is 0 Å². The molecule has 0 heterocycles. The summed E-state index contributed by atoms with van der Waals surface area (Å²) in [5.74, 6) is 0. The number of rotatable bonds is 4. The largest absolute Gasteiger partial charge is 0.388 e. The van der Waals surface area contributed by atoms with Crippen LogP contribution in [0.1, 0.15) is 37.0 Å². The molecule has 0 radical (unpaired) electrons. The number of hydrogen-bond acceptors (Lipinski definition) is 1. The lowest BCUT2D eigenvalue weighted by Gasteiger charge is -2.14. The molecule has 1 aromatic carbocycles. The Morgan fingerprint density at radius 2 is 2.20 bits per heavy atom. The van der Waals surface area contributed by atoms with Gasteiger partial charge >= 0.3 is 0 Å². The Balaban J connectivity index is 2.85. The van der Waals surface area contributed by atoms with Gasteiger partial charge in [0.25, 0.3) is 0 Å². The summed E-state index contributed by atoms with van der Waals surface area (Å²) in [6.07, 6.45) is 1.02. The molecular weight excluding hydrogens is 208 g/mol. The van der Waals surface area contributed by atoms with Crippen LogP contribution in [-0.2, 0) is 0 Å². The van der Waals surface area contributed by atoms with Gasteiger partial charge in [-0.1, -0.05) is 36.7 Å².